The number of hydrogen-bond acceptors (Lipinski definition) is 4. The average Bonchev–Trinajstić information content (AvgIpc) is 1.87. The lowest BCUT2D eigenvalue weighted by molar-refractivity contribution is -0.153. The van der Waals surface area contributed by atoms with Gasteiger partial charge in [0.25, 0.3) is 5.24 Å². The summed E-state index contributed by atoms with van der Waals surface area (Å²) < 4.78 is 8.35. The fraction of sp³-hybridized carbons (Fsp3) is 0.600. The van der Waals surface area contributed by atoms with E-state index in [9.17, 15) is 9.59 Å². The number of carbonyl (C=O) groups excluding carboxylic acids is 2. The third-order valence-corrected chi connectivity index (χ3v) is 1.22. The summed E-state index contributed by atoms with van der Waals surface area (Å²) in [5.74, 6) is -0.735. The van der Waals surface area contributed by atoms with Crippen LogP contribution in [0.2, 0.25) is 0 Å². The summed E-state index contributed by atoms with van der Waals surface area (Å²) in [5.41, 5.74) is 0. The number of hydrogen-bond donors (Lipinski definition) is 0. The van der Waals surface area contributed by atoms with Crippen molar-refractivity contribution in [1.82, 2.24) is 0 Å². The van der Waals surface area contributed by atoms with Crippen molar-refractivity contribution in [1.29, 1.82) is 0 Å². The van der Waals surface area contributed by atoms with E-state index in [0.29, 0.717) is 0 Å². The Morgan fingerprint density at radius 1 is 1.55 bits per heavy atom. The van der Waals surface area contributed by atoms with Crippen molar-refractivity contribution in [3.63, 3.8) is 0 Å². The summed E-state index contributed by atoms with van der Waals surface area (Å²) in [6.45, 7) is 0.942. The summed E-state index contributed by atoms with van der Waals surface area (Å²) in [6, 6.07) is 0. The molecule has 6 heteroatoms. The maximum atomic E-state index is 10.5. The molecule has 0 aliphatic rings. The molecule has 11 heavy (non-hydrogen) atoms. The molecular weight excluding hydrogens is 195 g/mol. The predicted molar refractivity (Wildman–Crippen MR) is 38.2 cm³/mol. The Morgan fingerprint density at radius 2 is 2.09 bits per heavy atom. The first-order valence-corrected chi connectivity index (χ1v) is 3.39. The molecule has 1 unspecified atom stereocenters. The van der Waals surface area contributed by atoms with Crippen LogP contribution in [0.3, 0.4) is 0 Å². The van der Waals surface area contributed by atoms with Crippen LogP contribution in [-0.2, 0) is 18.6 Å². The summed E-state index contributed by atoms with van der Waals surface area (Å²) in [7, 11) is 0. The second-order valence-electron chi connectivity index (χ2n) is 1.69. The van der Waals surface area contributed by atoms with Crippen molar-refractivity contribution in [2.45, 2.75) is 13.0 Å². The quantitative estimate of drug-likeness (QED) is 0.499. The molecule has 4 nitrogen and oxygen atoms in total. The maximum absolute atomic E-state index is 10.5. The lowest BCUT2D eigenvalue weighted by atomic mass is 10.4. The normalized spacial score (nSPS) is 12.3. The standard InChI is InChI=1S/C5H6Cl2O4/c1-3(5(6)9)11-4(8)2-10-7/h3H,2H2,1H3. The van der Waals surface area contributed by atoms with Gasteiger partial charge in [0.1, 0.15) is 0 Å². The fourth-order valence-corrected chi connectivity index (χ4v) is 0.456. The van der Waals surface area contributed by atoms with E-state index in [-0.39, 0.29) is 0 Å². The Kier molecular flexibility index (Phi) is 5.19. The topological polar surface area (TPSA) is 52.6 Å². The van der Waals surface area contributed by atoms with Crippen LogP contribution in [0.15, 0.2) is 0 Å². The Hall–Kier alpha value is -0.320. The maximum Gasteiger partial charge on any atom is 0.334 e. The van der Waals surface area contributed by atoms with Gasteiger partial charge >= 0.3 is 5.97 Å². The Morgan fingerprint density at radius 3 is 2.45 bits per heavy atom. The zero-order valence-corrected chi connectivity index (χ0v) is 7.19. The minimum Gasteiger partial charge on any atom is -0.451 e. The van der Waals surface area contributed by atoms with Crippen LogP contribution in [0.1, 0.15) is 6.92 Å². The van der Waals surface area contributed by atoms with Crippen molar-refractivity contribution in [2.24, 2.45) is 0 Å². The van der Waals surface area contributed by atoms with Gasteiger partial charge in [0.2, 0.25) is 0 Å². The summed E-state index contributed by atoms with van der Waals surface area (Å²) in [6.07, 6.45) is -0.962. The highest BCUT2D eigenvalue weighted by atomic mass is 35.5. The van der Waals surface area contributed by atoms with Gasteiger partial charge in [-0.25, -0.2) is 4.79 Å². The van der Waals surface area contributed by atoms with Gasteiger partial charge in [0.05, 0.1) is 11.9 Å². The van der Waals surface area contributed by atoms with Crippen LogP contribution in [-0.4, -0.2) is 23.9 Å². The largest absolute Gasteiger partial charge is 0.451 e. The van der Waals surface area contributed by atoms with Gasteiger partial charge in [-0.3, -0.25) is 9.08 Å². The van der Waals surface area contributed by atoms with Crippen LogP contribution >= 0.6 is 23.5 Å². The van der Waals surface area contributed by atoms with Crippen molar-refractivity contribution >= 4 is 34.7 Å². The number of halogens is 2. The van der Waals surface area contributed by atoms with E-state index in [2.05, 4.69) is 9.03 Å². The van der Waals surface area contributed by atoms with Crippen LogP contribution in [0.25, 0.3) is 0 Å². The molecule has 64 valence electrons. The van der Waals surface area contributed by atoms with E-state index >= 15 is 0 Å². The van der Waals surface area contributed by atoms with Crippen LogP contribution in [0.4, 0.5) is 0 Å². The third kappa shape index (κ3) is 5.01. The molecule has 0 amide bonds. The number of carbonyl (C=O) groups is 2. The van der Waals surface area contributed by atoms with Gasteiger partial charge in [0, 0.05) is 0 Å². The highest BCUT2D eigenvalue weighted by Gasteiger charge is 2.14. The number of ether oxygens (including phenoxy) is 1. The number of rotatable bonds is 4. The van der Waals surface area contributed by atoms with Gasteiger partial charge in [-0.15, -0.1) is 0 Å². The lowest BCUT2D eigenvalue weighted by Crippen LogP contribution is -2.22. The van der Waals surface area contributed by atoms with Gasteiger partial charge < -0.3 is 4.74 Å². The molecule has 0 saturated heterocycles. The van der Waals surface area contributed by atoms with E-state index in [0.717, 1.165) is 0 Å². The van der Waals surface area contributed by atoms with E-state index in [1.165, 1.54) is 6.92 Å². The SMILES string of the molecule is CC(OC(=O)COCl)C(=O)Cl. The summed E-state index contributed by atoms with van der Waals surface area (Å²) in [4.78, 5) is 20.8. The van der Waals surface area contributed by atoms with Crippen LogP contribution < -0.4 is 0 Å². The molecule has 0 aromatic rings. The first-order chi connectivity index (χ1) is 5.07. The second-order valence-corrected chi connectivity index (χ2v) is 2.28. The first kappa shape index (κ1) is 10.7. The van der Waals surface area contributed by atoms with Crippen molar-refractivity contribution in [3.8, 4) is 0 Å². The van der Waals surface area contributed by atoms with Crippen molar-refractivity contribution in [2.75, 3.05) is 6.61 Å². The third-order valence-electron chi connectivity index (χ3n) is 0.800. The zero-order chi connectivity index (χ0) is 8.85. The molecule has 0 bridgehead atoms. The second kappa shape index (κ2) is 5.35. The van der Waals surface area contributed by atoms with Gasteiger partial charge in [-0.2, -0.15) is 0 Å². The van der Waals surface area contributed by atoms with E-state index < -0.39 is 23.9 Å². The van der Waals surface area contributed by atoms with Gasteiger partial charge in [-0.05, 0) is 18.5 Å². The molecule has 0 heterocycles. The number of esters is 1. The molecule has 0 radical (unpaired) electrons. The van der Waals surface area contributed by atoms with E-state index in [4.69, 9.17) is 23.5 Å². The zero-order valence-electron chi connectivity index (χ0n) is 5.67. The highest BCUT2D eigenvalue weighted by Crippen LogP contribution is 1.97. The fourth-order valence-electron chi connectivity index (χ4n) is 0.322. The molecule has 1 atom stereocenters. The van der Waals surface area contributed by atoms with E-state index in [1.807, 2.05) is 0 Å². The highest BCUT2D eigenvalue weighted by molar-refractivity contribution is 6.64. The molecule has 0 N–H and O–H groups in total. The average molecular weight is 201 g/mol. The lowest BCUT2D eigenvalue weighted by Gasteiger charge is -2.06. The molecule has 0 aliphatic carbocycles. The molecular formula is C5H6Cl2O4. The summed E-state index contributed by atoms with van der Waals surface area (Å²) in [5, 5.41) is -0.743. The van der Waals surface area contributed by atoms with Gasteiger partial charge in [-0.1, -0.05) is 0 Å². The molecule has 0 saturated carbocycles. The Balaban J connectivity index is 3.66. The van der Waals surface area contributed by atoms with Crippen molar-refractivity contribution in [3.05, 3.63) is 0 Å². The predicted octanol–water partition coefficient (Wildman–Crippen LogP) is 0.854. The smallest absolute Gasteiger partial charge is 0.334 e. The van der Waals surface area contributed by atoms with Crippen molar-refractivity contribution < 1.29 is 18.6 Å². The van der Waals surface area contributed by atoms with Crippen LogP contribution in [0.5, 0.6) is 0 Å². The van der Waals surface area contributed by atoms with Crippen LogP contribution in [0, 0.1) is 0 Å². The molecule has 0 spiro atoms. The van der Waals surface area contributed by atoms with Gasteiger partial charge in [0.15, 0.2) is 12.7 Å². The molecule has 0 aromatic heterocycles. The molecule has 0 aromatic carbocycles. The molecule has 0 fully saturated rings. The minimum absolute atomic E-state index is 0.407. The summed E-state index contributed by atoms with van der Waals surface area (Å²) >= 11 is 9.72. The Bertz CT molecular complexity index is 159. The molecule has 0 aliphatic heterocycles. The first-order valence-electron chi connectivity index (χ1n) is 2.70. The van der Waals surface area contributed by atoms with E-state index in [1.54, 1.807) is 0 Å². The monoisotopic (exact) mass is 200 g/mol. The molecule has 0 rings (SSSR count). The minimum atomic E-state index is -0.962. The Labute approximate surface area is 73.5 Å².